The quantitative estimate of drug-likeness (QED) is 0.333. The highest BCUT2D eigenvalue weighted by molar-refractivity contribution is 6.12. The maximum atomic E-state index is 12.6. The van der Waals surface area contributed by atoms with Crippen molar-refractivity contribution in [2.45, 2.75) is 13.3 Å². The number of carbonyl (C=O) groups is 1. The molecule has 6 nitrogen and oxygen atoms in total. The molecule has 0 aliphatic carbocycles. The molecule has 0 bridgehead atoms. The van der Waals surface area contributed by atoms with Crippen LogP contribution >= 0.6 is 0 Å². The fraction of sp³-hybridized carbons (Fsp3) is 0.375. The number of methoxy groups -OCH3 is 4. The highest BCUT2D eigenvalue weighted by Crippen LogP contribution is 2.38. The summed E-state index contributed by atoms with van der Waals surface area (Å²) in [5.74, 6) is 0.948. The molecule has 1 rings (SSSR count). The van der Waals surface area contributed by atoms with E-state index < -0.39 is 5.78 Å². The van der Waals surface area contributed by atoms with Crippen molar-refractivity contribution in [1.82, 2.24) is 0 Å². The summed E-state index contributed by atoms with van der Waals surface area (Å²) in [6, 6.07) is 4.91. The summed E-state index contributed by atoms with van der Waals surface area (Å²) in [7, 11) is 5.82. The minimum atomic E-state index is -0.458. The number of carbonyl (C=O) groups excluding carboxylic acids is 1. The van der Waals surface area contributed by atoms with Gasteiger partial charge in [-0.15, -0.1) is 0 Å². The minimum absolute atomic E-state index is 0.0423. The molecule has 0 aliphatic heterocycles. The van der Waals surface area contributed by atoms with Crippen LogP contribution < -0.4 is 14.2 Å². The zero-order valence-electron chi connectivity index (χ0n) is 13.4. The standard InChI is InChI=1S/C16H19NO5/c1-6-12(19-2)11(9-17)15(18)10-7-13(20-3)16(22-5)14(8-10)21-4/h7-8H,6H2,1-5H3/b12-11+. The molecule has 1 aromatic carbocycles. The number of allylic oxidation sites excluding steroid dienone is 2. The first-order valence-corrected chi connectivity index (χ1v) is 6.59. The molecule has 0 unspecified atom stereocenters. The summed E-state index contributed by atoms with van der Waals surface area (Å²) in [6.07, 6.45) is 0.440. The summed E-state index contributed by atoms with van der Waals surface area (Å²) in [4.78, 5) is 12.6. The van der Waals surface area contributed by atoms with Crippen molar-refractivity contribution in [2.24, 2.45) is 0 Å². The van der Waals surface area contributed by atoms with Crippen LogP contribution in [-0.4, -0.2) is 34.2 Å². The second-order valence-corrected chi connectivity index (χ2v) is 4.21. The predicted octanol–water partition coefficient (Wildman–Crippen LogP) is 2.73. The largest absolute Gasteiger partial charge is 0.500 e. The van der Waals surface area contributed by atoms with Crippen LogP contribution in [0.15, 0.2) is 23.5 Å². The smallest absolute Gasteiger partial charge is 0.207 e. The van der Waals surface area contributed by atoms with Gasteiger partial charge in [-0.1, -0.05) is 6.92 Å². The number of nitriles is 1. The topological polar surface area (TPSA) is 77.8 Å². The number of ketones is 1. The summed E-state index contributed by atoms with van der Waals surface area (Å²) in [5, 5.41) is 9.25. The van der Waals surface area contributed by atoms with E-state index in [0.717, 1.165) is 0 Å². The van der Waals surface area contributed by atoms with E-state index in [0.29, 0.717) is 29.4 Å². The molecule has 0 spiro atoms. The van der Waals surface area contributed by atoms with Gasteiger partial charge in [0.2, 0.25) is 11.5 Å². The average Bonchev–Trinajstić information content (AvgIpc) is 2.57. The molecule has 0 N–H and O–H groups in total. The van der Waals surface area contributed by atoms with Gasteiger partial charge in [-0.3, -0.25) is 4.79 Å². The maximum Gasteiger partial charge on any atom is 0.207 e. The van der Waals surface area contributed by atoms with Gasteiger partial charge in [0.15, 0.2) is 11.5 Å². The molecular formula is C16H19NO5. The molecule has 0 saturated heterocycles. The lowest BCUT2D eigenvalue weighted by Gasteiger charge is -2.14. The number of ether oxygens (including phenoxy) is 4. The van der Waals surface area contributed by atoms with Crippen molar-refractivity contribution >= 4 is 5.78 Å². The number of hydrogen-bond donors (Lipinski definition) is 0. The Balaban J connectivity index is 3.47. The Bertz CT molecular complexity index is 597. The normalized spacial score (nSPS) is 11.1. The maximum absolute atomic E-state index is 12.6. The van der Waals surface area contributed by atoms with Crippen molar-refractivity contribution < 1.29 is 23.7 Å². The number of nitrogens with zero attached hydrogens (tertiary/aromatic N) is 1. The highest BCUT2D eigenvalue weighted by Gasteiger charge is 2.22. The van der Waals surface area contributed by atoms with E-state index in [1.54, 1.807) is 6.92 Å². The van der Waals surface area contributed by atoms with Crippen LogP contribution in [0.3, 0.4) is 0 Å². The van der Waals surface area contributed by atoms with Crippen molar-refractivity contribution in [3.05, 3.63) is 29.0 Å². The molecule has 22 heavy (non-hydrogen) atoms. The monoisotopic (exact) mass is 305 g/mol. The van der Waals surface area contributed by atoms with Crippen LogP contribution in [0, 0.1) is 11.3 Å². The fourth-order valence-electron chi connectivity index (χ4n) is 2.02. The molecule has 0 heterocycles. The number of hydrogen-bond acceptors (Lipinski definition) is 6. The van der Waals surface area contributed by atoms with Crippen LogP contribution in [0.5, 0.6) is 17.2 Å². The van der Waals surface area contributed by atoms with Gasteiger partial charge in [-0.2, -0.15) is 5.26 Å². The lowest BCUT2D eigenvalue weighted by atomic mass is 10.0. The summed E-state index contributed by atoms with van der Waals surface area (Å²) < 4.78 is 20.7. The number of benzene rings is 1. The van der Waals surface area contributed by atoms with Crippen LogP contribution in [0.25, 0.3) is 0 Å². The Morgan fingerprint density at radius 2 is 1.64 bits per heavy atom. The first-order valence-electron chi connectivity index (χ1n) is 6.59. The Kier molecular flexibility index (Phi) is 6.26. The minimum Gasteiger partial charge on any atom is -0.500 e. The molecular weight excluding hydrogens is 286 g/mol. The third-order valence-corrected chi connectivity index (χ3v) is 3.11. The van der Waals surface area contributed by atoms with E-state index in [9.17, 15) is 10.1 Å². The number of rotatable bonds is 7. The summed E-state index contributed by atoms with van der Waals surface area (Å²) in [5.41, 5.74) is 0.216. The van der Waals surface area contributed by atoms with E-state index in [4.69, 9.17) is 18.9 Å². The Labute approximate surface area is 129 Å². The Morgan fingerprint density at radius 3 is 1.95 bits per heavy atom. The molecule has 1 aromatic rings. The first kappa shape index (κ1) is 17.4. The Hall–Kier alpha value is -2.68. The van der Waals surface area contributed by atoms with Crippen molar-refractivity contribution in [3.63, 3.8) is 0 Å². The van der Waals surface area contributed by atoms with E-state index in [1.807, 2.05) is 6.07 Å². The molecule has 0 aliphatic rings. The lowest BCUT2D eigenvalue weighted by molar-refractivity contribution is 0.103. The molecule has 0 fully saturated rings. The van der Waals surface area contributed by atoms with Gasteiger partial charge in [-0.25, -0.2) is 0 Å². The van der Waals surface area contributed by atoms with Gasteiger partial charge < -0.3 is 18.9 Å². The molecule has 6 heteroatoms. The summed E-state index contributed by atoms with van der Waals surface area (Å²) in [6.45, 7) is 1.80. The van der Waals surface area contributed by atoms with E-state index in [1.165, 1.54) is 40.6 Å². The third kappa shape index (κ3) is 3.31. The SMILES string of the molecule is CC/C(OC)=C(/C#N)C(=O)c1cc(OC)c(OC)c(OC)c1. The molecule has 118 valence electrons. The van der Waals surface area contributed by atoms with Crippen LogP contribution in [0.4, 0.5) is 0 Å². The fourth-order valence-corrected chi connectivity index (χ4v) is 2.02. The second-order valence-electron chi connectivity index (χ2n) is 4.21. The van der Waals surface area contributed by atoms with Crippen LogP contribution in [0.1, 0.15) is 23.7 Å². The molecule has 0 saturated carbocycles. The third-order valence-electron chi connectivity index (χ3n) is 3.11. The van der Waals surface area contributed by atoms with Gasteiger partial charge in [0, 0.05) is 12.0 Å². The van der Waals surface area contributed by atoms with E-state index >= 15 is 0 Å². The molecule has 0 atom stereocenters. The van der Waals surface area contributed by atoms with Gasteiger partial charge in [0.05, 0.1) is 28.4 Å². The zero-order valence-corrected chi connectivity index (χ0v) is 13.4. The molecule has 0 radical (unpaired) electrons. The average molecular weight is 305 g/mol. The molecule has 0 amide bonds. The molecule has 0 aromatic heterocycles. The van der Waals surface area contributed by atoms with Crippen molar-refractivity contribution in [3.8, 4) is 23.3 Å². The van der Waals surface area contributed by atoms with Crippen molar-refractivity contribution in [2.75, 3.05) is 28.4 Å². The number of Topliss-reactive ketones (excluding diaryl/α,β-unsaturated/α-hetero) is 1. The first-order chi connectivity index (χ1) is 10.6. The van der Waals surface area contributed by atoms with Crippen LogP contribution in [0.2, 0.25) is 0 Å². The lowest BCUT2D eigenvalue weighted by Crippen LogP contribution is -2.08. The van der Waals surface area contributed by atoms with Gasteiger partial charge >= 0.3 is 0 Å². The van der Waals surface area contributed by atoms with Crippen LogP contribution in [-0.2, 0) is 4.74 Å². The van der Waals surface area contributed by atoms with E-state index in [2.05, 4.69) is 0 Å². The highest BCUT2D eigenvalue weighted by atomic mass is 16.5. The van der Waals surface area contributed by atoms with E-state index in [-0.39, 0.29) is 11.1 Å². The predicted molar refractivity (Wildman–Crippen MR) is 80.4 cm³/mol. The van der Waals surface area contributed by atoms with Gasteiger partial charge in [-0.05, 0) is 12.1 Å². The van der Waals surface area contributed by atoms with Gasteiger partial charge in [0.25, 0.3) is 0 Å². The van der Waals surface area contributed by atoms with Gasteiger partial charge in [0.1, 0.15) is 17.4 Å². The zero-order chi connectivity index (χ0) is 16.7. The Morgan fingerprint density at radius 1 is 1.09 bits per heavy atom. The second kappa shape index (κ2) is 7.93. The summed E-state index contributed by atoms with van der Waals surface area (Å²) >= 11 is 0. The van der Waals surface area contributed by atoms with Crippen molar-refractivity contribution in [1.29, 1.82) is 5.26 Å².